The van der Waals surface area contributed by atoms with E-state index in [-0.39, 0.29) is 17.7 Å². The van der Waals surface area contributed by atoms with Gasteiger partial charge in [-0.05, 0) is 67.1 Å². The van der Waals surface area contributed by atoms with Crippen LogP contribution in [0.3, 0.4) is 0 Å². The van der Waals surface area contributed by atoms with E-state index in [1.54, 1.807) is 31.2 Å². The Kier molecular flexibility index (Phi) is 8.20. The van der Waals surface area contributed by atoms with Crippen LogP contribution >= 0.6 is 22.9 Å². The van der Waals surface area contributed by atoms with E-state index in [0.29, 0.717) is 39.9 Å². The van der Waals surface area contributed by atoms with E-state index < -0.39 is 34.8 Å². The average Bonchev–Trinajstić information content (AvgIpc) is 3.43. The van der Waals surface area contributed by atoms with Gasteiger partial charge in [0.1, 0.15) is 11.6 Å². The molecule has 1 amide bonds. The lowest BCUT2D eigenvalue weighted by molar-refractivity contribution is -0.126. The molecule has 0 saturated heterocycles. The fourth-order valence-corrected chi connectivity index (χ4v) is 5.90. The highest BCUT2D eigenvalue weighted by atomic mass is 35.5. The molecule has 0 radical (unpaired) electrons. The first-order chi connectivity index (χ1) is 18.0. The molecule has 1 aliphatic heterocycles. The first-order valence-electron chi connectivity index (χ1n) is 12.2. The number of nitrogens with zero attached hydrogens (tertiary/aromatic N) is 2. The number of anilines is 1. The van der Waals surface area contributed by atoms with Gasteiger partial charge in [0.05, 0.1) is 21.7 Å². The maximum Gasteiger partial charge on any atom is 0.248 e. The molecule has 3 aromatic rings. The molecule has 202 valence electrons. The lowest BCUT2D eigenvalue weighted by Gasteiger charge is -2.37. The molecule has 2 unspecified atom stereocenters. The standard InChI is InChI=1S/C28H29ClF3N3O2S/c1-27(2,16-36)13-4-14-33-26(37)28(3)24(22-11-12-23(29)38-22)25(17-5-7-18(30)8-6-17)34-35(28)21-10-9-19(31)15-20(21)32/h5-12,15,24,36H,4,13-14,16H2,1-3H3,(H,33,37). The molecular weight excluding hydrogens is 535 g/mol. The largest absolute Gasteiger partial charge is 0.396 e. The van der Waals surface area contributed by atoms with Crippen LogP contribution in [0.2, 0.25) is 4.34 Å². The third-order valence-electron chi connectivity index (χ3n) is 6.84. The van der Waals surface area contributed by atoms with Crippen molar-refractivity contribution >= 4 is 40.2 Å². The molecule has 1 aliphatic rings. The van der Waals surface area contributed by atoms with E-state index in [4.69, 9.17) is 16.7 Å². The van der Waals surface area contributed by atoms with E-state index in [0.717, 1.165) is 12.1 Å². The zero-order valence-corrected chi connectivity index (χ0v) is 22.8. The Morgan fingerprint density at radius 1 is 1.13 bits per heavy atom. The topological polar surface area (TPSA) is 64.9 Å². The number of carbonyl (C=O) groups excluding carboxylic acids is 1. The lowest BCUT2D eigenvalue weighted by Crippen LogP contribution is -2.57. The van der Waals surface area contributed by atoms with E-state index in [9.17, 15) is 18.7 Å². The molecule has 0 bridgehead atoms. The number of hydrazone groups is 1. The van der Waals surface area contributed by atoms with Crippen LogP contribution in [0, 0.1) is 22.9 Å². The van der Waals surface area contributed by atoms with Crippen LogP contribution in [0.4, 0.5) is 18.9 Å². The second-order valence-corrected chi connectivity index (χ2v) is 12.1. The van der Waals surface area contributed by atoms with E-state index in [1.165, 1.54) is 34.5 Å². The van der Waals surface area contributed by atoms with Crippen LogP contribution in [0.1, 0.15) is 50.0 Å². The van der Waals surface area contributed by atoms with E-state index >= 15 is 4.39 Å². The smallest absolute Gasteiger partial charge is 0.248 e. The number of halogens is 4. The van der Waals surface area contributed by atoms with Gasteiger partial charge in [-0.15, -0.1) is 11.3 Å². The van der Waals surface area contributed by atoms with Gasteiger partial charge < -0.3 is 10.4 Å². The number of aliphatic hydroxyl groups is 1. The maximum absolute atomic E-state index is 15.1. The molecule has 0 fully saturated rings. The number of hydrogen-bond donors (Lipinski definition) is 2. The summed E-state index contributed by atoms with van der Waals surface area (Å²) in [6.45, 7) is 5.87. The van der Waals surface area contributed by atoms with Crippen molar-refractivity contribution in [2.75, 3.05) is 18.2 Å². The molecule has 2 aromatic carbocycles. The van der Waals surface area contributed by atoms with Gasteiger partial charge in [-0.3, -0.25) is 4.79 Å². The minimum atomic E-state index is -1.48. The van der Waals surface area contributed by atoms with Crippen molar-refractivity contribution in [1.82, 2.24) is 5.32 Å². The summed E-state index contributed by atoms with van der Waals surface area (Å²) in [6, 6.07) is 12.3. The molecule has 0 saturated carbocycles. The molecule has 1 aromatic heterocycles. The highest BCUT2D eigenvalue weighted by molar-refractivity contribution is 7.16. The number of rotatable bonds is 9. The number of aliphatic hydroxyl groups excluding tert-OH is 1. The molecule has 2 N–H and O–H groups in total. The number of thiophene rings is 1. The summed E-state index contributed by atoms with van der Waals surface area (Å²) >= 11 is 7.54. The van der Waals surface area contributed by atoms with Crippen LogP contribution in [0.25, 0.3) is 0 Å². The highest BCUT2D eigenvalue weighted by Crippen LogP contribution is 2.47. The third-order valence-corrected chi connectivity index (χ3v) is 8.14. The second-order valence-electron chi connectivity index (χ2n) is 10.3. The fourth-order valence-electron chi connectivity index (χ4n) is 4.61. The summed E-state index contributed by atoms with van der Waals surface area (Å²) < 4.78 is 43.2. The molecule has 4 rings (SSSR count). The Hall–Kier alpha value is -2.88. The molecule has 2 atom stereocenters. The number of nitrogens with one attached hydrogen (secondary N) is 1. The normalized spacial score (nSPS) is 19.5. The Bertz CT molecular complexity index is 1350. The molecular formula is C28H29ClF3N3O2S. The Labute approximate surface area is 228 Å². The summed E-state index contributed by atoms with van der Waals surface area (Å²) in [5.74, 6) is -3.19. The molecule has 0 aliphatic carbocycles. The first kappa shape index (κ1) is 28.1. The van der Waals surface area contributed by atoms with Crippen molar-refractivity contribution in [2.45, 2.75) is 45.1 Å². The van der Waals surface area contributed by atoms with Gasteiger partial charge in [0, 0.05) is 24.1 Å². The van der Waals surface area contributed by atoms with E-state index in [2.05, 4.69) is 5.32 Å². The number of amides is 1. The minimum Gasteiger partial charge on any atom is -0.396 e. The van der Waals surface area contributed by atoms with Crippen LogP contribution in [-0.4, -0.2) is 35.4 Å². The molecule has 2 heterocycles. The van der Waals surface area contributed by atoms with Crippen LogP contribution < -0.4 is 10.3 Å². The van der Waals surface area contributed by atoms with E-state index in [1.807, 2.05) is 13.8 Å². The highest BCUT2D eigenvalue weighted by Gasteiger charge is 2.55. The second kappa shape index (κ2) is 11.1. The maximum atomic E-state index is 15.1. The fraction of sp³-hybridized carbons (Fsp3) is 0.357. The SMILES string of the molecule is CC(C)(CO)CCCNC(=O)C1(C)C(c2ccc(Cl)s2)C(c2ccc(F)cc2)=NN1c1ccc(F)cc1F. The number of benzene rings is 2. The predicted molar refractivity (Wildman–Crippen MR) is 145 cm³/mol. The number of hydrogen-bond acceptors (Lipinski definition) is 5. The Morgan fingerprint density at radius 2 is 1.82 bits per heavy atom. The number of carbonyl (C=O) groups is 1. The third kappa shape index (κ3) is 5.60. The summed E-state index contributed by atoms with van der Waals surface area (Å²) in [5, 5.41) is 18.5. The van der Waals surface area contributed by atoms with Gasteiger partial charge in [0.25, 0.3) is 0 Å². The van der Waals surface area contributed by atoms with Gasteiger partial charge in [-0.1, -0.05) is 37.6 Å². The van der Waals surface area contributed by atoms with Crippen molar-refractivity contribution in [1.29, 1.82) is 0 Å². The van der Waals surface area contributed by atoms with Crippen LogP contribution in [0.15, 0.2) is 59.7 Å². The van der Waals surface area contributed by atoms with Crippen LogP contribution in [-0.2, 0) is 4.79 Å². The predicted octanol–water partition coefficient (Wildman–Crippen LogP) is 6.50. The zero-order valence-electron chi connectivity index (χ0n) is 21.3. The monoisotopic (exact) mass is 563 g/mol. The van der Waals surface area contributed by atoms with Crippen molar-refractivity contribution in [3.8, 4) is 0 Å². The quantitative estimate of drug-likeness (QED) is 0.292. The Morgan fingerprint density at radius 3 is 2.42 bits per heavy atom. The van der Waals surface area contributed by atoms with Gasteiger partial charge in [-0.25, -0.2) is 18.2 Å². The lowest BCUT2D eigenvalue weighted by atomic mass is 9.78. The van der Waals surface area contributed by atoms with Crippen molar-refractivity contribution < 1.29 is 23.1 Å². The van der Waals surface area contributed by atoms with Crippen LogP contribution in [0.5, 0.6) is 0 Å². The summed E-state index contributed by atoms with van der Waals surface area (Å²) in [7, 11) is 0. The van der Waals surface area contributed by atoms with Crippen molar-refractivity contribution in [3.05, 3.63) is 86.8 Å². The minimum absolute atomic E-state index is 0.0202. The first-order valence-corrected chi connectivity index (χ1v) is 13.4. The van der Waals surface area contributed by atoms with Gasteiger partial charge in [-0.2, -0.15) is 5.10 Å². The summed E-state index contributed by atoms with van der Waals surface area (Å²) in [4.78, 5) is 14.7. The zero-order chi connectivity index (χ0) is 27.7. The van der Waals surface area contributed by atoms with Gasteiger partial charge in [0.15, 0.2) is 11.4 Å². The summed E-state index contributed by atoms with van der Waals surface area (Å²) in [5.41, 5.74) is -0.875. The van der Waals surface area contributed by atoms with Crippen molar-refractivity contribution in [2.24, 2.45) is 10.5 Å². The Balaban J connectivity index is 1.80. The average molecular weight is 564 g/mol. The van der Waals surface area contributed by atoms with Crippen molar-refractivity contribution in [3.63, 3.8) is 0 Å². The summed E-state index contributed by atoms with van der Waals surface area (Å²) in [6.07, 6.45) is 1.29. The van der Waals surface area contributed by atoms with Gasteiger partial charge in [0.2, 0.25) is 5.91 Å². The van der Waals surface area contributed by atoms with Gasteiger partial charge >= 0.3 is 0 Å². The molecule has 10 heteroatoms. The molecule has 0 spiro atoms. The molecule has 38 heavy (non-hydrogen) atoms. The molecule has 5 nitrogen and oxygen atoms in total.